The van der Waals surface area contributed by atoms with Crippen LogP contribution in [0.4, 0.5) is 10.5 Å². The number of anilines is 1. The van der Waals surface area contributed by atoms with Crippen LogP contribution < -0.4 is 4.31 Å². The van der Waals surface area contributed by atoms with E-state index in [0.29, 0.717) is 42.5 Å². The van der Waals surface area contributed by atoms with Crippen LogP contribution in [-0.2, 0) is 19.6 Å². The monoisotopic (exact) mass is 479 g/mol. The van der Waals surface area contributed by atoms with E-state index in [0.717, 1.165) is 4.31 Å². The van der Waals surface area contributed by atoms with Gasteiger partial charge in [-0.3, -0.25) is 9.10 Å². The number of ether oxygens (including phenoxy) is 1. The van der Waals surface area contributed by atoms with Crippen molar-refractivity contribution in [1.82, 2.24) is 9.80 Å². The number of nitrogens with zero attached hydrogens (tertiary/aromatic N) is 3. The maximum absolute atomic E-state index is 13.5. The first-order chi connectivity index (χ1) is 15.3. The number of benzene rings is 2. The lowest BCUT2D eigenvalue weighted by Crippen LogP contribution is -2.53. The van der Waals surface area contributed by atoms with Crippen LogP contribution in [0.1, 0.15) is 12.5 Å². The summed E-state index contributed by atoms with van der Waals surface area (Å²) in [7, 11) is -4.02. The Morgan fingerprint density at radius 3 is 2.25 bits per heavy atom. The van der Waals surface area contributed by atoms with E-state index >= 15 is 0 Å². The van der Waals surface area contributed by atoms with E-state index in [-0.39, 0.29) is 24.0 Å². The number of hydrogen-bond donors (Lipinski definition) is 0. The third-order valence-electron chi connectivity index (χ3n) is 5.28. The lowest BCUT2D eigenvalue weighted by Gasteiger charge is -2.35. The van der Waals surface area contributed by atoms with Crippen molar-refractivity contribution in [2.45, 2.75) is 18.7 Å². The molecule has 0 unspecified atom stereocenters. The smallest absolute Gasteiger partial charge is 0.409 e. The highest BCUT2D eigenvalue weighted by Gasteiger charge is 2.32. The predicted octanol–water partition coefficient (Wildman–Crippen LogP) is 3.14. The van der Waals surface area contributed by atoms with Gasteiger partial charge in [0.05, 0.1) is 17.2 Å². The number of halogens is 1. The highest BCUT2D eigenvalue weighted by atomic mass is 35.5. The van der Waals surface area contributed by atoms with Crippen molar-refractivity contribution >= 4 is 39.3 Å². The molecule has 172 valence electrons. The molecule has 0 aromatic heterocycles. The number of hydrogen-bond acceptors (Lipinski definition) is 5. The minimum atomic E-state index is -4.02. The van der Waals surface area contributed by atoms with Gasteiger partial charge >= 0.3 is 6.09 Å². The molecule has 8 nitrogen and oxygen atoms in total. The van der Waals surface area contributed by atoms with Crippen molar-refractivity contribution in [2.75, 3.05) is 43.6 Å². The van der Waals surface area contributed by atoms with E-state index in [1.165, 1.54) is 17.0 Å². The number of sulfonamides is 1. The Labute approximate surface area is 193 Å². The zero-order valence-electron chi connectivity index (χ0n) is 18.0. The summed E-state index contributed by atoms with van der Waals surface area (Å²) in [6, 6.07) is 12.9. The zero-order valence-corrected chi connectivity index (χ0v) is 19.6. The summed E-state index contributed by atoms with van der Waals surface area (Å²) < 4.78 is 33.0. The van der Waals surface area contributed by atoms with Gasteiger partial charge in [-0.25, -0.2) is 13.2 Å². The minimum Gasteiger partial charge on any atom is -0.450 e. The maximum atomic E-state index is 13.5. The average Bonchev–Trinajstić information content (AvgIpc) is 2.80. The van der Waals surface area contributed by atoms with E-state index in [4.69, 9.17) is 16.3 Å². The topological polar surface area (TPSA) is 87.2 Å². The molecule has 0 radical (unpaired) electrons. The van der Waals surface area contributed by atoms with Gasteiger partial charge in [0.15, 0.2) is 0 Å². The first-order valence-electron chi connectivity index (χ1n) is 10.3. The van der Waals surface area contributed by atoms with Crippen molar-refractivity contribution < 1.29 is 22.7 Å². The van der Waals surface area contributed by atoms with Crippen LogP contribution in [0.2, 0.25) is 5.02 Å². The lowest BCUT2D eigenvalue weighted by atomic mass is 10.2. The molecule has 1 saturated heterocycles. The van der Waals surface area contributed by atoms with Crippen LogP contribution in [0.15, 0.2) is 53.4 Å². The van der Waals surface area contributed by atoms with Crippen LogP contribution in [0.3, 0.4) is 0 Å². The number of amides is 2. The van der Waals surface area contributed by atoms with Crippen molar-refractivity contribution in [3.8, 4) is 0 Å². The molecule has 1 heterocycles. The van der Waals surface area contributed by atoms with Crippen molar-refractivity contribution in [2.24, 2.45) is 0 Å². The number of piperazine rings is 1. The van der Waals surface area contributed by atoms with E-state index < -0.39 is 16.1 Å². The van der Waals surface area contributed by atoms with Gasteiger partial charge in [-0.05, 0) is 43.7 Å². The number of carbonyl (C=O) groups is 2. The molecule has 2 aromatic carbocycles. The Kier molecular flexibility index (Phi) is 7.63. The summed E-state index contributed by atoms with van der Waals surface area (Å²) in [6.07, 6.45) is -0.414. The second-order valence-corrected chi connectivity index (χ2v) is 9.54. The van der Waals surface area contributed by atoms with Crippen LogP contribution >= 0.6 is 11.6 Å². The average molecular weight is 480 g/mol. The van der Waals surface area contributed by atoms with Gasteiger partial charge in [-0.15, -0.1) is 0 Å². The van der Waals surface area contributed by atoms with Gasteiger partial charge in [0, 0.05) is 31.2 Å². The summed E-state index contributed by atoms with van der Waals surface area (Å²) >= 11 is 6.24. The molecule has 0 spiro atoms. The van der Waals surface area contributed by atoms with Crippen molar-refractivity contribution in [3.63, 3.8) is 0 Å². The molecule has 0 bridgehead atoms. The lowest BCUT2D eigenvalue weighted by molar-refractivity contribution is -0.131. The van der Waals surface area contributed by atoms with Gasteiger partial charge < -0.3 is 14.5 Å². The Balaban J connectivity index is 1.85. The first kappa shape index (κ1) is 23.9. The molecule has 0 N–H and O–H groups in total. The molecule has 2 amide bonds. The molecule has 3 rings (SSSR count). The summed E-state index contributed by atoms with van der Waals surface area (Å²) in [5.74, 6) is -0.354. The Morgan fingerprint density at radius 1 is 1.00 bits per heavy atom. The zero-order chi connectivity index (χ0) is 23.3. The molecular formula is C22H26ClN3O5S. The SMILES string of the molecule is CCOC(=O)N1CCN(C(=O)CN(c2cccc(Cl)c2C)S(=O)(=O)c2ccccc2)CC1. The van der Waals surface area contributed by atoms with Gasteiger partial charge in [0.25, 0.3) is 10.0 Å². The third-order valence-corrected chi connectivity index (χ3v) is 7.46. The fourth-order valence-corrected chi connectivity index (χ4v) is 5.12. The molecule has 0 atom stereocenters. The molecule has 1 fully saturated rings. The summed E-state index contributed by atoms with van der Waals surface area (Å²) in [5.41, 5.74) is 0.911. The summed E-state index contributed by atoms with van der Waals surface area (Å²) in [5, 5.41) is 0.409. The first-order valence-corrected chi connectivity index (χ1v) is 12.1. The summed E-state index contributed by atoms with van der Waals surface area (Å²) in [4.78, 5) is 28.2. The van der Waals surface area contributed by atoms with Gasteiger partial charge in [-0.2, -0.15) is 0 Å². The standard InChI is InChI=1S/C22H26ClN3O5S/c1-3-31-22(28)25-14-12-24(13-15-25)21(27)16-26(20-11-7-10-19(23)17(20)2)32(29,30)18-8-5-4-6-9-18/h4-11H,3,12-16H2,1-2H3. The van der Waals surface area contributed by atoms with Gasteiger partial charge in [0.2, 0.25) is 5.91 Å². The highest BCUT2D eigenvalue weighted by Crippen LogP contribution is 2.31. The fraction of sp³-hybridized carbons (Fsp3) is 0.364. The largest absolute Gasteiger partial charge is 0.450 e. The van der Waals surface area contributed by atoms with Gasteiger partial charge in [0.1, 0.15) is 6.54 Å². The van der Waals surface area contributed by atoms with E-state index in [1.807, 2.05) is 0 Å². The summed E-state index contributed by atoms with van der Waals surface area (Å²) in [6.45, 7) is 4.60. The molecule has 0 saturated carbocycles. The minimum absolute atomic E-state index is 0.0827. The second-order valence-electron chi connectivity index (χ2n) is 7.28. The van der Waals surface area contributed by atoms with E-state index in [9.17, 15) is 18.0 Å². The van der Waals surface area contributed by atoms with Crippen LogP contribution in [0.5, 0.6) is 0 Å². The van der Waals surface area contributed by atoms with Crippen molar-refractivity contribution in [1.29, 1.82) is 0 Å². The highest BCUT2D eigenvalue weighted by molar-refractivity contribution is 7.92. The van der Waals surface area contributed by atoms with Crippen LogP contribution in [0, 0.1) is 6.92 Å². The van der Waals surface area contributed by atoms with E-state index in [1.54, 1.807) is 55.1 Å². The molecule has 2 aromatic rings. The Morgan fingerprint density at radius 2 is 1.62 bits per heavy atom. The Bertz CT molecular complexity index is 1070. The molecule has 10 heteroatoms. The van der Waals surface area contributed by atoms with Crippen LogP contribution in [-0.4, -0.2) is 69.5 Å². The number of carbonyl (C=O) groups excluding carboxylic acids is 2. The number of rotatable bonds is 6. The predicted molar refractivity (Wildman–Crippen MR) is 122 cm³/mol. The maximum Gasteiger partial charge on any atom is 0.409 e. The molecular weight excluding hydrogens is 454 g/mol. The molecule has 0 aliphatic carbocycles. The molecule has 1 aliphatic rings. The Hall–Kier alpha value is -2.78. The third kappa shape index (κ3) is 5.16. The van der Waals surface area contributed by atoms with Crippen LogP contribution in [0.25, 0.3) is 0 Å². The molecule has 1 aliphatic heterocycles. The van der Waals surface area contributed by atoms with Crippen molar-refractivity contribution in [3.05, 3.63) is 59.1 Å². The normalized spacial score (nSPS) is 14.2. The fourth-order valence-electron chi connectivity index (χ4n) is 3.46. The molecule has 32 heavy (non-hydrogen) atoms. The van der Waals surface area contributed by atoms with Gasteiger partial charge in [-0.1, -0.05) is 35.9 Å². The van der Waals surface area contributed by atoms with E-state index in [2.05, 4.69) is 0 Å². The second kappa shape index (κ2) is 10.2. The quantitative estimate of drug-likeness (QED) is 0.635.